The first-order valence-electron chi connectivity index (χ1n) is 7.13. The van der Waals surface area contributed by atoms with Crippen LogP contribution in [-0.4, -0.2) is 25.1 Å². The number of nitrogens with two attached hydrogens (primary N) is 1. The zero-order chi connectivity index (χ0) is 14.3. The minimum Gasteiger partial charge on any atom is -0.492 e. The Kier molecular flexibility index (Phi) is 3.50. The molecule has 2 aliphatic rings. The summed E-state index contributed by atoms with van der Waals surface area (Å²) in [5, 5.41) is 7.28. The SMILES string of the molecule is COc1c(NC(C)C2CC2)sc(C(=O)NC2CC2)c1N. The smallest absolute Gasteiger partial charge is 0.263 e. The highest BCUT2D eigenvalue weighted by molar-refractivity contribution is 7.19. The molecule has 1 heterocycles. The van der Waals surface area contributed by atoms with Gasteiger partial charge in [0.2, 0.25) is 0 Å². The zero-order valence-corrected chi connectivity index (χ0v) is 12.7. The average molecular weight is 295 g/mol. The first-order valence-corrected chi connectivity index (χ1v) is 7.95. The monoisotopic (exact) mass is 295 g/mol. The minimum atomic E-state index is -0.0829. The number of nitrogens with one attached hydrogen (secondary N) is 2. The molecule has 2 aliphatic carbocycles. The number of amides is 1. The van der Waals surface area contributed by atoms with E-state index in [4.69, 9.17) is 10.5 Å². The second-order valence-electron chi connectivity index (χ2n) is 5.73. The Morgan fingerprint density at radius 3 is 2.65 bits per heavy atom. The van der Waals surface area contributed by atoms with Crippen molar-refractivity contribution in [1.29, 1.82) is 0 Å². The Morgan fingerprint density at radius 1 is 1.40 bits per heavy atom. The lowest BCUT2D eigenvalue weighted by Crippen LogP contribution is -2.25. The van der Waals surface area contributed by atoms with Gasteiger partial charge in [-0.2, -0.15) is 0 Å². The molecule has 1 atom stereocenters. The Hall–Kier alpha value is -1.43. The molecule has 1 unspecified atom stereocenters. The van der Waals surface area contributed by atoms with Crippen LogP contribution in [0.1, 0.15) is 42.3 Å². The van der Waals surface area contributed by atoms with Crippen LogP contribution in [0.2, 0.25) is 0 Å². The minimum absolute atomic E-state index is 0.0829. The van der Waals surface area contributed by atoms with Gasteiger partial charge in [0.1, 0.15) is 15.6 Å². The highest BCUT2D eigenvalue weighted by atomic mass is 32.1. The topological polar surface area (TPSA) is 76.4 Å². The van der Waals surface area contributed by atoms with Gasteiger partial charge in [-0.1, -0.05) is 0 Å². The number of thiophene rings is 1. The van der Waals surface area contributed by atoms with Gasteiger partial charge in [0, 0.05) is 12.1 Å². The average Bonchev–Trinajstić information content (AvgIpc) is 3.28. The Balaban J connectivity index is 1.79. The number of ether oxygens (including phenoxy) is 1. The highest BCUT2D eigenvalue weighted by Gasteiger charge is 2.31. The van der Waals surface area contributed by atoms with Gasteiger partial charge < -0.3 is 21.1 Å². The highest BCUT2D eigenvalue weighted by Crippen LogP contribution is 2.44. The molecule has 2 saturated carbocycles. The van der Waals surface area contributed by atoms with E-state index in [1.165, 1.54) is 24.2 Å². The van der Waals surface area contributed by atoms with Gasteiger partial charge >= 0.3 is 0 Å². The van der Waals surface area contributed by atoms with Crippen molar-refractivity contribution in [3.63, 3.8) is 0 Å². The van der Waals surface area contributed by atoms with Crippen molar-refractivity contribution in [3.8, 4) is 5.75 Å². The molecule has 3 rings (SSSR count). The number of hydrogen-bond acceptors (Lipinski definition) is 5. The lowest BCUT2D eigenvalue weighted by molar-refractivity contribution is 0.0956. The van der Waals surface area contributed by atoms with Crippen molar-refractivity contribution in [3.05, 3.63) is 4.88 Å². The van der Waals surface area contributed by atoms with Crippen molar-refractivity contribution >= 4 is 27.9 Å². The first-order chi connectivity index (χ1) is 9.60. The Bertz CT molecular complexity index is 521. The molecule has 0 aliphatic heterocycles. The molecule has 0 saturated heterocycles. The molecular weight excluding hydrogens is 274 g/mol. The van der Waals surface area contributed by atoms with Gasteiger partial charge in [-0.3, -0.25) is 4.79 Å². The van der Waals surface area contributed by atoms with E-state index < -0.39 is 0 Å². The second-order valence-corrected chi connectivity index (χ2v) is 6.75. The maximum Gasteiger partial charge on any atom is 0.263 e. The number of rotatable bonds is 6. The van der Waals surface area contributed by atoms with Crippen LogP contribution < -0.4 is 21.1 Å². The molecule has 1 aromatic rings. The molecule has 0 radical (unpaired) electrons. The molecule has 2 fully saturated rings. The third-order valence-electron chi connectivity index (χ3n) is 3.91. The van der Waals surface area contributed by atoms with E-state index in [9.17, 15) is 4.79 Å². The lowest BCUT2D eigenvalue weighted by Gasteiger charge is -2.13. The van der Waals surface area contributed by atoms with E-state index in [0.29, 0.717) is 28.4 Å². The number of anilines is 2. The molecule has 0 aromatic carbocycles. The summed E-state index contributed by atoms with van der Waals surface area (Å²) in [6.45, 7) is 2.16. The van der Waals surface area contributed by atoms with Crippen LogP contribution in [0, 0.1) is 5.92 Å². The summed E-state index contributed by atoms with van der Waals surface area (Å²) < 4.78 is 5.37. The molecule has 4 N–H and O–H groups in total. The van der Waals surface area contributed by atoms with Gasteiger partial charge in [-0.15, -0.1) is 11.3 Å². The van der Waals surface area contributed by atoms with Crippen LogP contribution >= 0.6 is 11.3 Å². The number of nitrogen functional groups attached to an aromatic ring is 1. The van der Waals surface area contributed by atoms with E-state index in [1.807, 2.05) is 0 Å². The summed E-state index contributed by atoms with van der Waals surface area (Å²) in [4.78, 5) is 12.7. The summed E-state index contributed by atoms with van der Waals surface area (Å²) in [7, 11) is 1.59. The predicted molar refractivity (Wildman–Crippen MR) is 81.6 cm³/mol. The second kappa shape index (κ2) is 5.16. The summed E-state index contributed by atoms with van der Waals surface area (Å²) in [5.41, 5.74) is 6.51. The predicted octanol–water partition coefficient (Wildman–Crippen LogP) is 2.44. The Labute approximate surface area is 122 Å². The molecule has 1 aromatic heterocycles. The normalized spacial score (nSPS) is 19.5. The van der Waals surface area contributed by atoms with Crippen LogP contribution in [-0.2, 0) is 0 Å². The molecule has 0 spiro atoms. The molecule has 5 nitrogen and oxygen atoms in total. The fraction of sp³-hybridized carbons (Fsp3) is 0.643. The Morgan fingerprint density at radius 2 is 2.10 bits per heavy atom. The number of carbonyl (C=O) groups is 1. The molecular formula is C14H21N3O2S. The largest absolute Gasteiger partial charge is 0.492 e. The van der Waals surface area contributed by atoms with E-state index in [2.05, 4.69) is 17.6 Å². The van der Waals surface area contributed by atoms with Gasteiger partial charge in [0.05, 0.1) is 7.11 Å². The number of methoxy groups -OCH3 is 1. The van der Waals surface area contributed by atoms with Crippen molar-refractivity contribution in [2.75, 3.05) is 18.2 Å². The van der Waals surface area contributed by atoms with Crippen LogP contribution in [0.15, 0.2) is 0 Å². The summed E-state index contributed by atoms with van der Waals surface area (Å²) >= 11 is 1.39. The van der Waals surface area contributed by atoms with Crippen LogP contribution in [0.25, 0.3) is 0 Å². The van der Waals surface area contributed by atoms with Crippen molar-refractivity contribution in [1.82, 2.24) is 5.32 Å². The van der Waals surface area contributed by atoms with Gasteiger partial charge in [0.15, 0.2) is 5.75 Å². The van der Waals surface area contributed by atoms with Crippen molar-refractivity contribution in [2.45, 2.75) is 44.7 Å². The van der Waals surface area contributed by atoms with Crippen LogP contribution in [0.4, 0.5) is 10.7 Å². The van der Waals surface area contributed by atoms with Gasteiger partial charge in [-0.05, 0) is 38.5 Å². The fourth-order valence-corrected chi connectivity index (χ4v) is 3.38. The fourth-order valence-electron chi connectivity index (χ4n) is 2.29. The third kappa shape index (κ3) is 2.70. The van der Waals surface area contributed by atoms with Gasteiger partial charge in [0.25, 0.3) is 5.91 Å². The summed E-state index contributed by atoms with van der Waals surface area (Å²) in [6, 6.07) is 0.720. The van der Waals surface area contributed by atoms with Crippen molar-refractivity contribution < 1.29 is 9.53 Å². The maximum absolute atomic E-state index is 12.2. The van der Waals surface area contributed by atoms with E-state index in [-0.39, 0.29) is 5.91 Å². The third-order valence-corrected chi connectivity index (χ3v) is 5.03. The quantitative estimate of drug-likeness (QED) is 0.753. The van der Waals surface area contributed by atoms with E-state index >= 15 is 0 Å². The zero-order valence-electron chi connectivity index (χ0n) is 11.9. The molecule has 6 heteroatoms. The van der Waals surface area contributed by atoms with E-state index in [1.54, 1.807) is 7.11 Å². The standard InChI is InChI=1S/C14H21N3O2S/c1-7(8-3-4-8)16-14-11(19-2)10(15)12(20-14)13(18)17-9-5-6-9/h7-9,16H,3-6,15H2,1-2H3,(H,17,18). The summed E-state index contributed by atoms with van der Waals surface area (Å²) in [5.74, 6) is 1.25. The number of hydrogen-bond donors (Lipinski definition) is 3. The lowest BCUT2D eigenvalue weighted by atomic mass is 10.2. The molecule has 110 valence electrons. The van der Waals surface area contributed by atoms with E-state index in [0.717, 1.165) is 23.8 Å². The number of carbonyl (C=O) groups excluding carboxylic acids is 1. The maximum atomic E-state index is 12.2. The van der Waals surface area contributed by atoms with Crippen LogP contribution in [0.3, 0.4) is 0 Å². The molecule has 1 amide bonds. The van der Waals surface area contributed by atoms with Crippen molar-refractivity contribution in [2.24, 2.45) is 5.92 Å². The van der Waals surface area contributed by atoms with Crippen LogP contribution in [0.5, 0.6) is 5.75 Å². The summed E-state index contributed by atoms with van der Waals surface area (Å²) in [6.07, 6.45) is 4.68. The van der Waals surface area contributed by atoms with Gasteiger partial charge in [-0.25, -0.2) is 0 Å². The first kappa shape index (κ1) is 13.5. The molecule has 20 heavy (non-hydrogen) atoms. The molecule has 0 bridgehead atoms.